The monoisotopic (exact) mass is 263 g/mol. The first-order valence-corrected chi connectivity index (χ1v) is 7.09. The molecule has 1 N–H and O–H groups in total. The van der Waals surface area contributed by atoms with E-state index in [4.69, 9.17) is 9.47 Å². The minimum Gasteiger partial charge on any atom is -0.474 e. The zero-order valence-electron chi connectivity index (χ0n) is 11.2. The number of nitrogens with one attached hydrogen (secondary N) is 1. The van der Waals surface area contributed by atoms with Crippen molar-refractivity contribution in [3.8, 4) is 5.88 Å². The third-order valence-electron chi connectivity index (χ3n) is 3.62. The highest BCUT2D eigenvalue weighted by Gasteiger charge is 2.16. The number of piperidine rings is 1. The summed E-state index contributed by atoms with van der Waals surface area (Å²) in [5.41, 5.74) is 0. The minimum absolute atomic E-state index is 0.300. The van der Waals surface area contributed by atoms with Crippen LogP contribution in [0.15, 0.2) is 18.2 Å². The Balaban J connectivity index is 1.64. The van der Waals surface area contributed by atoms with Gasteiger partial charge in [-0.15, -0.1) is 0 Å². The van der Waals surface area contributed by atoms with Crippen molar-refractivity contribution < 1.29 is 9.47 Å². The fourth-order valence-corrected chi connectivity index (χ4v) is 2.52. The van der Waals surface area contributed by atoms with Crippen LogP contribution in [0.1, 0.15) is 12.8 Å². The summed E-state index contributed by atoms with van der Waals surface area (Å²) in [5.74, 6) is 1.74. The average molecular weight is 263 g/mol. The SMILES string of the molecule is c1cc(OC2CCNCC2)nc(N2CCOCC2)c1. The van der Waals surface area contributed by atoms with E-state index < -0.39 is 0 Å². The van der Waals surface area contributed by atoms with Crippen molar-refractivity contribution in [2.24, 2.45) is 0 Å². The number of morpholine rings is 1. The maximum Gasteiger partial charge on any atom is 0.215 e. The lowest BCUT2D eigenvalue weighted by Crippen LogP contribution is -2.37. The fraction of sp³-hybridized carbons (Fsp3) is 0.643. The molecule has 0 bridgehead atoms. The Morgan fingerprint density at radius 1 is 1.21 bits per heavy atom. The van der Waals surface area contributed by atoms with Gasteiger partial charge in [0.2, 0.25) is 5.88 Å². The number of nitrogens with zero attached hydrogens (tertiary/aromatic N) is 2. The molecular weight excluding hydrogens is 242 g/mol. The van der Waals surface area contributed by atoms with Crippen molar-refractivity contribution in [2.75, 3.05) is 44.3 Å². The molecule has 2 aliphatic heterocycles. The summed E-state index contributed by atoms with van der Waals surface area (Å²) in [6.45, 7) is 5.44. The third kappa shape index (κ3) is 3.36. The molecule has 3 heterocycles. The number of pyridine rings is 1. The van der Waals surface area contributed by atoms with Crippen molar-refractivity contribution in [3.63, 3.8) is 0 Å². The molecule has 2 fully saturated rings. The Morgan fingerprint density at radius 3 is 2.79 bits per heavy atom. The molecule has 2 saturated heterocycles. The van der Waals surface area contributed by atoms with Gasteiger partial charge in [-0.2, -0.15) is 4.98 Å². The van der Waals surface area contributed by atoms with Crippen LogP contribution in [0, 0.1) is 0 Å². The van der Waals surface area contributed by atoms with E-state index in [1.807, 2.05) is 18.2 Å². The van der Waals surface area contributed by atoms with E-state index in [1.165, 1.54) is 0 Å². The van der Waals surface area contributed by atoms with Gasteiger partial charge in [-0.05, 0) is 32.0 Å². The molecular formula is C14H21N3O2. The molecule has 0 saturated carbocycles. The molecule has 104 valence electrons. The molecule has 19 heavy (non-hydrogen) atoms. The molecule has 5 nitrogen and oxygen atoms in total. The Morgan fingerprint density at radius 2 is 2.00 bits per heavy atom. The minimum atomic E-state index is 0.300. The van der Waals surface area contributed by atoms with E-state index in [9.17, 15) is 0 Å². The van der Waals surface area contributed by atoms with E-state index in [0.29, 0.717) is 6.10 Å². The van der Waals surface area contributed by atoms with Gasteiger partial charge in [-0.25, -0.2) is 0 Å². The molecule has 0 aliphatic carbocycles. The molecule has 5 heteroatoms. The number of rotatable bonds is 3. The van der Waals surface area contributed by atoms with Gasteiger partial charge in [0.25, 0.3) is 0 Å². The first-order chi connectivity index (χ1) is 9.42. The number of hydrogen-bond donors (Lipinski definition) is 1. The van der Waals surface area contributed by atoms with Gasteiger partial charge in [-0.3, -0.25) is 0 Å². The number of anilines is 1. The number of aromatic nitrogens is 1. The molecule has 3 rings (SSSR count). The maximum atomic E-state index is 5.98. The van der Waals surface area contributed by atoms with E-state index >= 15 is 0 Å². The summed E-state index contributed by atoms with van der Waals surface area (Å²) >= 11 is 0. The van der Waals surface area contributed by atoms with Crippen LogP contribution in [0.4, 0.5) is 5.82 Å². The maximum absolute atomic E-state index is 5.98. The smallest absolute Gasteiger partial charge is 0.215 e. The van der Waals surface area contributed by atoms with Crippen LogP contribution in [-0.4, -0.2) is 50.5 Å². The third-order valence-corrected chi connectivity index (χ3v) is 3.62. The van der Waals surface area contributed by atoms with Crippen molar-refractivity contribution in [3.05, 3.63) is 18.2 Å². The Hall–Kier alpha value is -1.33. The molecule has 1 aromatic rings. The molecule has 0 unspecified atom stereocenters. The van der Waals surface area contributed by atoms with Gasteiger partial charge < -0.3 is 19.7 Å². The topological polar surface area (TPSA) is 46.6 Å². The summed E-state index contributed by atoms with van der Waals surface area (Å²) in [7, 11) is 0. The van der Waals surface area contributed by atoms with Gasteiger partial charge in [-0.1, -0.05) is 6.07 Å². The van der Waals surface area contributed by atoms with Crippen LogP contribution in [0.25, 0.3) is 0 Å². The summed E-state index contributed by atoms with van der Waals surface area (Å²) in [4.78, 5) is 6.87. The van der Waals surface area contributed by atoms with Crippen LogP contribution in [0.3, 0.4) is 0 Å². The Labute approximate surface area is 113 Å². The van der Waals surface area contributed by atoms with Crippen molar-refractivity contribution in [1.29, 1.82) is 0 Å². The Bertz CT molecular complexity index is 401. The van der Waals surface area contributed by atoms with Crippen LogP contribution in [0.2, 0.25) is 0 Å². The van der Waals surface area contributed by atoms with E-state index in [2.05, 4.69) is 15.2 Å². The highest BCUT2D eigenvalue weighted by atomic mass is 16.5. The lowest BCUT2D eigenvalue weighted by molar-refractivity contribution is 0.122. The van der Waals surface area contributed by atoms with E-state index in [1.54, 1.807) is 0 Å². The number of hydrogen-bond acceptors (Lipinski definition) is 5. The van der Waals surface area contributed by atoms with Gasteiger partial charge in [0.05, 0.1) is 13.2 Å². The van der Waals surface area contributed by atoms with Crippen LogP contribution in [0.5, 0.6) is 5.88 Å². The first-order valence-electron chi connectivity index (χ1n) is 7.09. The largest absolute Gasteiger partial charge is 0.474 e. The lowest BCUT2D eigenvalue weighted by atomic mass is 10.1. The quantitative estimate of drug-likeness (QED) is 0.883. The highest BCUT2D eigenvalue weighted by Crippen LogP contribution is 2.19. The zero-order valence-corrected chi connectivity index (χ0v) is 11.2. The van der Waals surface area contributed by atoms with Crippen molar-refractivity contribution >= 4 is 5.82 Å². The van der Waals surface area contributed by atoms with E-state index in [0.717, 1.165) is 63.9 Å². The predicted molar refractivity (Wildman–Crippen MR) is 73.8 cm³/mol. The highest BCUT2D eigenvalue weighted by molar-refractivity contribution is 5.41. The lowest BCUT2D eigenvalue weighted by Gasteiger charge is -2.28. The van der Waals surface area contributed by atoms with Crippen molar-refractivity contribution in [1.82, 2.24) is 10.3 Å². The second kappa shape index (κ2) is 6.21. The van der Waals surface area contributed by atoms with Gasteiger partial charge in [0, 0.05) is 19.2 Å². The predicted octanol–water partition coefficient (Wildman–Crippen LogP) is 1.05. The molecule has 0 radical (unpaired) electrons. The average Bonchev–Trinajstić information content (AvgIpc) is 2.49. The molecule has 0 atom stereocenters. The van der Waals surface area contributed by atoms with Gasteiger partial charge in [0.15, 0.2) is 0 Å². The normalized spacial score (nSPS) is 21.4. The summed E-state index contributed by atoms with van der Waals surface area (Å²) in [6, 6.07) is 6.01. The molecule has 0 amide bonds. The standard InChI is InChI=1S/C14H21N3O2/c1-2-13(17-8-10-18-11-9-17)16-14(3-1)19-12-4-6-15-7-5-12/h1-3,12,15H,4-11H2. The molecule has 1 aromatic heterocycles. The second-order valence-corrected chi connectivity index (χ2v) is 5.00. The van der Waals surface area contributed by atoms with Crippen LogP contribution < -0.4 is 15.0 Å². The summed E-state index contributed by atoms with van der Waals surface area (Å²) in [6.07, 6.45) is 2.42. The Kier molecular flexibility index (Phi) is 4.15. The first kappa shape index (κ1) is 12.7. The van der Waals surface area contributed by atoms with Gasteiger partial charge >= 0.3 is 0 Å². The number of ether oxygens (including phenoxy) is 2. The van der Waals surface area contributed by atoms with Crippen molar-refractivity contribution in [2.45, 2.75) is 18.9 Å². The molecule has 2 aliphatic rings. The molecule has 0 spiro atoms. The fourth-order valence-electron chi connectivity index (χ4n) is 2.52. The second-order valence-electron chi connectivity index (χ2n) is 5.00. The summed E-state index contributed by atoms with van der Waals surface area (Å²) in [5, 5.41) is 3.34. The zero-order chi connectivity index (χ0) is 12.9. The van der Waals surface area contributed by atoms with Crippen LogP contribution >= 0.6 is 0 Å². The van der Waals surface area contributed by atoms with Gasteiger partial charge in [0.1, 0.15) is 11.9 Å². The van der Waals surface area contributed by atoms with Crippen LogP contribution in [-0.2, 0) is 4.74 Å². The van der Waals surface area contributed by atoms with E-state index in [-0.39, 0.29) is 0 Å². The molecule has 0 aromatic carbocycles. The summed E-state index contributed by atoms with van der Waals surface area (Å²) < 4.78 is 11.3.